The van der Waals surface area contributed by atoms with Crippen molar-refractivity contribution in [3.63, 3.8) is 0 Å². The van der Waals surface area contributed by atoms with Gasteiger partial charge in [0.15, 0.2) is 0 Å². The topological polar surface area (TPSA) is 29.5 Å². The SMILES string of the molecule is OC(CCOc1ccc2c(c1)CCC2)c1ccccc1. The third-order valence-corrected chi connectivity index (χ3v) is 3.91. The van der Waals surface area contributed by atoms with Crippen LogP contribution in [0.1, 0.15) is 35.6 Å². The lowest BCUT2D eigenvalue weighted by Crippen LogP contribution is -2.05. The van der Waals surface area contributed by atoms with Crippen molar-refractivity contribution in [3.8, 4) is 5.75 Å². The molecule has 0 saturated heterocycles. The van der Waals surface area contributed by atoms with Crippen LogP contribution in [0.5, 0.6) is 5.75 Å². The van der Waals surface area contributed by atoms with E-state index in [0.717, 1.165) is 11.3 Å². The van der Waals surface area contributed by atoms with Crippen molar-refractivity contribution >= 4 is 0 Å². The lowest BCUT2D eigenvalue weighted by Gasteiger charge is -2.12. The van der Waals surface area contributed by atoms with Gasteiger partial charge >= 0.3 is 0 Å². The number of fused-ring (bicyclic) bond motifs is 1. The highest BCUT2D eigenvalue weighted by Gasteiger charge is 2.11. The molecule has 0 fully saturated rings. The molecular formula is C18H20O2. The maximum absolute atomic E-state index is 10.1. The first kappa shape index (κ1) is 13.2. The van der Waals surface area contributed by atoms with Gasteiger partial charge in [-0.2, -0.15) is 0 Å². The van der Waals surface area contributed by atoms with Crippen LogP contribution in [0.4, 0.5) is 0 Å². The minimum atomic E-state index is -0.453. The van der Waals surface area contributed by atoms with Crippen LogP contribution in [0.2, 0.25) is 0 Å². The van der Waals surface area contributed by atoms with Gasteiger partial charge in [0.05, 0.1) is 12.7 Å². The zero-order valence-electron chi connectivity index (χ0n) is 11.6. The number of rotatable bonds is 5. The predicted octanol–water partition coefficient (Wildman–Crippen LogP) is 3.68. The number of aryl methyl sites for hydroxylation is 2. The molecule has 0 heterocycles. The first-order valence-electron chi connectivity index (χ1n) is 7.30. The lowest BCUT2D eigenvalue weighted by atomic mass is 10.1. The van der Waals surface area contributed by atoms with Crippen LogP contribution in [-0.4, -0.2) is 11.7 Å². The molecule has 0 amide bonds. The summed E-state index contributed by atoms with van der Waals surface area (Å²) in [6, 6.07) is 16.1. The van der Waals surface area contributed by atoms with E-state index in [2.05, 4.69) is 12.1 Å². The third-order valence-electron chi connectivity index (χ3n) is 3.91. The van der Waals surface area contributed by atoms with Crippen LogP contribution in [0.15, 0.2) is 48.5 Å². The van der Waals surface area contributed by atoms with E-state index in [1.54, 1.807) is 0 Å². The second kappa shape index (κ2) is 6.10. The summed E-state index contributed by atoms with van der Waals surface area (Å²) in [4.78, 5) is 0. The quantitative estimate of drug-likeness (QED) is 0.896. The summed E-state index contributed by atoms with van der Waals surface area (Å²) in [5.41, 5.74) is 3.83. The van der Waals surface area contributed by atoms with E-state index in [9.17, 15) is 5.11 Å². The van der Waals surface area contributed by atoms with Crippen LogP contribution in [-0.2, 0) is 12.8 Å². The zero-order chi connectivity index (χ0) is 13.8. The van der Waals surface area contributed by atoms with Crippen molar-refractivity contribution in [2.24, 2.45) is 0 Å². The summed E-state index contributed by atoms with van der Waals surface area (Å²) >= 11 is 0. The molecule has 20 heavy (non-hydrogen) atoms. The number of aliphatic hydroxyl groups is 1. The van der Waals surface area contributed by atoms with Gasteiger partial charge in [0, 0.05) is 6.42 Å². The van der Waals surface area contributed by atoms with E-state index in [4.69, 9.17) is 4.74 Å². The molecule has 1 unspecified atom stereocenters. The minimum absolute atomic E-state index is 0.453. The van der Waals surface area contributed by atoms with Gasteiger partial charge < -0.3 is 9.84 Å². The summed E-state index contributed by atoms with van der Waals surface area (Å²) in [5.74, 6) is 0.922. The first-order valence-corrected chi connectivity index (χ1v) is 7.30. The number of benzene rings is 2. The maximum atomic E-state index is 10.1. The van der Waals surface area contributed by atoms with Crippen LogP contribution in [0.25, 0.3) is 0 Å². The first-order chi connectivity index (χ1) is 9.83. The molecule has 2 heteroatoms. The van der Waals surface area contributed by atoms with E-state index in [0.29, 0.717) is 13.0 Å². The highest BCUT2D eigenvalue weighted by atomic mass is 16.5. The van der Waals surface area contributed by atoms with Gasteiger partial charge in [-0.3, -0.25) is 0 Å². The van der Waals surface area contributed by atoms with E-state index in [1.807, 2.05) is 36.4 Å². The average molecular weight is 268 g/mol. The van der Waals surface area contributed by atoms with Gasteiger partial charge in [-0.1, -0.05) is 36.4 Å². The number of ether oxygens (including phenoxy) is 1. The molecule has 3 rings (SSSR count). The monoisotopic (exact) mass is 268 g/mol. The van der Waals surface area contributed by atoms with Crippen molar-refractivity contribution in [1.29, 1.82) is 0 Å². The number of hydrogen-bond acceptors (Lipinski definition) is 2. The fourth-order valence-corrected chi connectivity index (χ4v) is 2.77. The molecule has 0 spiro atoms. The Labute approximate surface area is 120 Å². The Morgan fingerprint density at radius 1 is 1.00 bits per heavy atom. The summed E-state index contributed by atoms with van der Waals surface area (Å²) in [5, 5.41) is 10.1. The minimum Gasteiger partial charge on any atom is -0.493 e. The molecular weight excluding hydrogens is 248 g/mol. The van der Waals surface area contributed by atoms with Gasteiger partial charge in [0.1, 0.15) is 5.75 Å². The van der Waals surface area contributed by atoms with Crippen molar-refractivity contribution < 1.29 is 9.84 Å². The van der Waals surface area contributed by atoms with Crippen LogP contribution in [0.3, 0.4) is 0 Å². The van der Waals surface area contributed by atoms with Crippen molar-refractivity contribution in [1.82, 2.24) is 0 Å². The second-order valence-electron chi connectivity index (χ2n) is 5.35. The predicted molar refractivity (Wildman–Crippen MR) is 80.0 cm³/mol. The average Bonchev–Trinajstić information content (AvgIpc) is 2.95. The van der Waals surface area contributed by atoms with Crippen LogP contribution in [0, 0.1) is 0 Å². The Morgan fingerprint density at radius 3 is 2.65 bits per heavy atom. The smallest absolute Gasteiger partial charge is 0.119 e. The summed E-state index contributed by atoms with van der Waals surface area (Å²) in [6.07, 6.45) is 3.78. The Morgan fingerprint density at radius 2 is 1.80 bits per heavy atom. The molecule has 0 radical (unpaired) electrons. The largest absolute Gasteiger partial charge is 0.493 e. The zero-order valence-corrected chi connectivity index (χ0v) is 11.6. The van der Waals surface area contributed by atoms with Crippen molar-refractivity contribution in [2.45, 2.75) is 31.8 Å². The highest BCUT2D eigenvalue weighted by Crippen LogP contribution is 2.26. The molecule has 104 valence electrons. The normalized spacial score (nSPS) is 14.8. The standard InChI is InChI=1S/C18H20O2/c19-18(15-5-2-1-3-6-15)11-12-20-17-10-9-14-7-4-8-16(14)13-17/h1-3,5-6,9-10,13,18-19H,4,7-8,11-12H2. The van der Waals surface area contributed by atoms with Gasteiger partial charge in [-0.15, -0.1) is 0 Å². The molecule has 1 atom stereocenters. The van der Waals surface area contributed by atoms with Gasteiger partial charge in [0.25, 0.3) is 0 Å². The van der Waals surface area contributed by atoms with Gasteiger partial charge in [0.2, 0.25) is 0 Å². The van der Waals surface area contributed by atoms with Crippen LogP contribution >= 0.6 is 0 Å². The van der Waals surface area contributed by atoms with E-state index in [-0.39, 0.29) is 0 Å². The summed E-state index contributed by atoms with van der Waals surface area (Å²) < 4.78 is 5.76. The Balaban J connectivity index is 1.53. The van der Waals surface area contributed by atoms with E-state index in [1.165, 1.54) is 30.4 Å². The molecule has 0 bridgehead atoms. The lowest BCUT2D eigenvalue weighted by molar-refractivity contribution is 0.141. The van der Waals surface area contributed by atoms with E-state index < -0.39 is 6.10 Å². The van der Waals surface area contributed by atoms with Crippen molar-refractivity contribution in [3.05, 3.63) is 65.2 Å². The molecule has 0 aliphatic heterocycles. The summed E-state index contributed by atoms with van der Waals surface area (Å²) in [7, 11) is 0. The molecule has 2 aromatic carbocycles. The molecule has 1 aliphatic rings. The molecule has 2 nitrogen and oxygen atoms in total. The highest BCUT2D eigenvalue weighted by molar-refractivity contribution is 5.38. The molecule has 2 aromatic rings. The summed E-state index contributed by atoms with van der Waals surface area (Å²) in [6.45, 7) is 0.537. The number of aliphatic hydroxyl groups excluding tert-OH is 1. The molecule has 1 N–H and O–H groups in total. The fraction of sp³-hybridized carbons (Fsp3) is 0.333. The van der Waals surface area contributed by atoms with Gasteiger partial charge in [-0.05, 0) is 48.1 Å². The Kier molecular flexibility index (Phi) is 4.03. The fourth-order valence-electron chi connectivity index (χ4n) is 2.77. The van der Waals surface area contributed by atoms with Crippen LogP contribution < -0.4 is 4.74 Å². The molecule has 0 saturated carbocycles. The Hall–Kier alpha value is -1.80. The molecule has 0 aromatic heterocycles. The third kappa shape index (κ3) is 3.02. The maximum Gasteiger partial charge on any atom is 0.119 e. The van der Waals surface area contributed by atoms with Crippen molar-refractivity contribution in [2.75, 3.05) is 6.61 Å². The Bertz CT molecular complexity index is 563. The van der Waals surface area contributed by atoms with Gasteiger partial charge in [-0.25, -0.2) is 0 Å². The van der Waals surface area contributed by atoms with E-state index >= 15 is 0 Å². The molecule has 1 aliphatic carbocycles. The second-order valence-corrected chi connectivity index (χ2v) is 5.35. The number of hydrogen-bond donors (Lipinski definition) is 1.